The van der Waals surface area contributed by atoms with Crippen LogP contribution in [0.15, 0.2) is 54.9 Å². The monoisotopic (exact) mass is 487 g/mol. The van der Waals surface area contributed by atoms with E-state index in [1.54, 1.807) is 6.20 Å². The van der Waals surface area contributed by atoms with E-state index in [0.29, 0.717) is 38.3 Å². The van der Waals surface area contributed by atoms with Gasteiger partial charge in [0.25, 0.3) is 0 Å². The van der Waals surface area contributed by atoms with Gasteiger partial charge in [-0.2, -0.15) is 0 Å². The second-order valence-electron chi connectivity index (χ2n) is 9.12. The molecule has 1 aromatic carbocycles. The van der Waals surface area contributed by atoms with Crippen molar-refractivity contribution >= 4 is 11.6 Å². The molecule has 0 aliphatic carbocycles. The van der Waals surface area contributed by atoms with Gasteiger partial charge in [-0.05, 0) is 68.6 Å². The van der Waals surface area contributed by atoms with Crippen molar-refractivity contribution in [3.63, 3.8) is 0 Å². The molecule has 0 spiro atoms. The fraction of sp³-hybridized carbons (Fsp3) is 0.393. The number of fused-ring (bicyclic) bond motifs is 7. The molecular weight excluding hydrogens is 454 g/mol. The number of aromatic nitrogens is 3. The third-order valence-electron chi connectivity index (χ3n) is 6.26. The van der Waals surface area contributed by atoms with Crippen molar-refractivity contribution in [2.24, 2.45) is 0 Å². The Bertz CT molecular complexity index is 1190. The van der Waals surface area contributed by atoms with Crippen molar-refractivity contribution in [3.05, 3.63) is 66.0 Å². The third kappa shape index (κ3) is 6.59. The molecule has 4 heterocycles. The van der Waals surface area contributed by atoms with Crippen LogP contribution in [0.3, 0.4) is 0 Å². The Balaban J connectivity index is 1.41. The second kappa shape index (κ2) is 12.0. The summed E-state index contributed by atoms with van der Waals surface area (Å²) in [5.41, 5.74) is 4.63. The maximum absolute atomic E-state index is 6.15. The van der Waals surface area contributed by atoms with Crippen LogP contribution < -0.4 is 14.8 Å². The molecule has 0 radical (unpaired) electrons. The average Bonchev–Trinajstić information content (AvgIpc) is 3.40. The molecule has 1 saturated heterocycles. The minimum absolute atomic E-state index is 0.480. The number of rotatable bonds is 4. The molecule has 8 nitrogen and oxygen atoms in total. The van der Waals surface area contributed by atoms with Gasteiger partial charge < -0.3 is 19.5 Å². The molecule has 2 aliphatic rings. The van der Waals surface area contributed by atoms with E-state index in [1.807, 2.05) is 43.5 Å². The standard InChI is InChI=1S/C28H33N5O3/c1-21-19-30-28-31-24-15-22(16-25(18-24)35-14-11-33-9-3-4-10-33)20-34-12-5-2-6-13-36-26-17-23(7-8-29-26)27(21)32-28/h2,5,7-8,15-19H,3-4,6,9-14,20H2,1H3,(H,30,31,32)/b5-2+. The van der Waals surface area contributed by atoms with Crippen LogP contribution in [-0.4, -0.2) is 59.3 Å². The first-order valence-corrected chi connectivity index (χ1v) is 12.6. The summed E-state index contributed by atoms with van der Waals surface area (Å²) in [6.07, 6.45) is 11.0. The van der Waals surface area contributed by atoms with Crippen molar-refractivity contribution in [2.75, 3.05) is 44.8 Å². The lowest BCUT2D eigenvalue weighted by molar-refractivity contribution is 0.148. The maximum atomic E-state index is 6.15. The number of likely N-dealkylation sites (tertiary alicyclic amines) is 1. The number of nitrogens with zero attached hydrogens (tertiary/aromatic N) is 4. The summed E-state index contributed by atoms with van der Waals surface area (Å²) in [6, 6.07) is 9.95. The molecule has 1 fully saturated rings. The lowest BCUT2D eigenvalue weighted by Crippen LogP contribution is -2.25. The number of nitrogens with one attached hydrogen (secondary N) is 1. The van der Waals surface area contributed by atoms with Crippen LogP contribution in [0, 0.1) is 6.92 Å². The molecule has 188 valence electrons. The highest BCUT2D eigenvalue weighted by molar-refractivity contribution is 5.66. The molecule has 2 aromatic heterocycles. The minimum atomic E-state index is 0.480. The van der Waals surface area contributed by atoms with Gasteiger partial charge in [0.05, 0.1) is 25.5 Å². The molecule has 3 aromatic rings. The molecule has 8 heteroatoms. The Labute approximate surface area is 212 Å². The van der Waals surface area contributed by atoms with Crippen molar-refractivity contribution in [2.45, 2.75) is 32.8 Å². The smallest absolute Gasteiger partial charge is 0.227 e. The molecule has 5 rings (SSSR count). The predicted molar refractivity (Wildman–Crippen MR) is 140 cm³/mol. The average molecular weight is 488 g/mol. The van der Waals surface area contributed by atoms with Gasteiger partial charge in [0.2, 0.25) is 11.8 Å². The first kappa shape index (κ1) is 24.2. The summed E-state index contributed by atoms with van der Waals surface area (Å²) in [4.78, 5) is 16.1. The zero-order valence-corrected chi connectivity index (χ0v) is 20.8. The zero-order valence-electron chi connectivity index (χ0n) is 20.8. The van der Waals surface area contributed by atoms with Gasteiger partial charge in [-0.25, -0.2) is 15.0 Å². The van der Waals surface area contributed by atoms with Gasteiger partial charge in [-0.1, -0.05) is 12.2 Å². The SMILES string of the molecule is Cc1cnc2nc1-c1ccnc(c1)OCC/C=C/COCc1cc(cc(OCCN3CCCC3)c1)N2. The molecule has 0 atom stereocenters. The summed E-state index contributed by atoms with van der Waals surface area (Å²) in [5.74, 6) is 1.90. The lowest BCUT2D eigenvalue weighted by atomic mass is 10.1. The lowest BCUT2D eigenvalue weighted by Gasteiger charge is -2.16. The van der Waals surface area contributed by atoms with Gasteiger partial charge in [0.1, 0.15) is 12.4 Å². The predicted octanol–water partition coefficient (Wildman–Crippen LogP) is 4.92. The Morgan fingerprint density at radius 2 is 2.00 bits per heavy atom. The van der Waals surface area contributed by atoms with Crippen molar-refractivity contribution in [3.8, 4) is 22.9 Å². The Morgan fingerprint density at radius 1 is 1.08 bits per heavy atom. The van der Waals surface area contributed by atoms with Crippen molar-refractivity contribution < 1.29 is 14.2 Å². The first-order chi connectivity index (χ1) is 17.7. The van der Waals surface area contributed by atoms with Crippen LogP contribution in [-0.2, 0) is 11.3 Å². The van der Waals surface area contributed by atoms with Crippen LogP contribution in [0.1, 0.15) is 30.4 Å². The van der Waals surface area contributed by atoms with E-state index in [-0.39, 0.29) is 0 Å². The van der Waals surface area contributed by atoms with E-state index in [4.69, 9.17) is 19.2 Å². The summed E-state index contributed by atoms with van der Waals surface area (Å²) in [5, 5.41) is 3.37. The van der Waals surface area contributed by atoms with Gasteiger partial charge in [-0.15, -0.1) is 0 Å². The van der Waals surface area contributed by atoms with Crippen LogP contribution in [0.2, 0.25) is 0 Å². The van der Waals surface area contributed by atoms with E-state index in [1.165, 1.54) is 12.8 Å². The van der Waals surface area contributed by atoms with Crippen LogP contribution in [0.4, 0.5) is 11.6 Å². The molecule has 2 aliphatic heterocycles. The minimum Gasteiger partial charge on any atom is -0.492 e. The van der Waals surface area contributed by atoms with Gasteiger partial charge in [0, 0.05) is 42.3 Å². The molecule has 6 bridgehead atoms. The molecule has 36 heavy (non-hydrogen) atoms. The first-order valence-electron chi connectivity index (χ1n) is 12.6. The van der Waals surface area contributed by atoms with E-state index in [2.05, 4.69) is 32.3 Å². The largest absolute Gasteiger partial charge is 0.492 e. The number of anilines is 2. The number of hydrogen-bond donors (Lipinski definition) is 1. The molecule has 0 saturated carbocycles. The number of pyridine rings is 1. The summed E-state index contributed by atoms with van der Waals surface area (Å²) in [6.45, 7) is 7.48. The van der Waals surface area contributed by atoms with Gasteiger partial charge in [0.15, 0.2) is 0 Å². The normalized spacial score (nSPS) is 17.4. The van der Waals surface area contributed by atoms with Crippen LogP contribution in [0.25, 0.3) is 11.3 Å². The van der Waals surface area contributed by atoms with E-state index < -0.39 is 0 Å². The summed E-state index contributed by atoms with van der Waals surface area (Å²) < 4.78 is 17.9. The van der Waals surface area contributed by atoms with Crippen molar-refractivity contribution in [1.29, 1.82) is 0 Å². The molecule has 0 unspecified atom stereocenters. The van der Waals surface area contributed by atoms with Crippen molar-refractivity contribution in [1.82, 2.24) is 19.9 Å². The molecule has 0 amide bonds. The number of benzene rings is 1. The number of hydrogen-bond acceptors (Lipinski definition) is 8. The Morgan fingerprint density at radius 3 is 2.92 bits per heavy atom. The van der Waals surface area contributed by atoms with Crippen LogP contribution in [0.5, 0.6) is 11.6 Å². The van der Waals surface area contributed by atoms with E-state index >= 15 is 0 Å². The maximum Gasteiger partial charge on any atom is 0.227 e. The van der Waals surface area contributed by atoms with Gasteiger partial charge >= 0.3 is 0 Å². The summed E-state index contributed by atoms with van der Waals surface area (Å²) >= 11 is 0. The van der Waals surface area contributed by atoms with E-state index in [0.717, 1.165) is 59.9 Å². The van der Waals surface area contributed by atoms with Crippen LogP contribution >= 0.6 is 0 Å². The fourth-order valence-corrected chi connectivity index (χ4v) is 4.42. The van der Waals surface area contributed by atoms with Gasteiger partial charge in [-0.3, -0.25) is 4.90 Å². The quantitative estimate of drug-likeness (QED) is 0.520. The van der Waals surface area contributed by atoms with E-state index in [9.17, 15) is 0 Å². The number of ether oxygens (including phenoxy) is 3. The topological polar surface area (TPSA) is 81.6 Å². The number of aryl methyl sites for hydroxylation is 1. The highest BCUT2D eigenvalue weighted by Gasteiger charge is 2.13. The Kier molecular flexibility index (Phi) is 8.05. The highest BCUT2D eigenvalue weighted by atomic mass is 16.5. The third-order valence-corrected chi connectivity index (χ3v) is 6.26. The highest BCUT2D eigenvalue weighted by Crippen LogP contribution is 2.27. The molecule has 1 N–H and O–H groups in total. The Hall–Kier alpha value is -3.49. The zero-order chi connectivity index (χ0) is 24.6. The molecular formula is C28H33N5O3. The fourth-order valence-electron chi connectivity index (χ4n) is 4.42. The second-order valence-corrected chi connectivity index (χ2v) is 9.12. The summed E-state index contributed by atoms with van der Waals surface area (Å²) in [7, 11) is 0.